The van der Waals surface area contributed by atoms with E-state index in [4.69, 9.17) is 5.26 Å². The molecule has 2 nitrogen and oxygen atoms in total. The molecule has 0 radical (unpaired) electrons. The van der Waals surface area contributed by atoms with Crippen LogP contribution in [0.3, 0.4) is 0 Å². The molecular formula is C19H19NOS. The maximum Gasteiger partial charge on any atom is 0.172 e. The van der Waals surface area contributed by atoms with Crippen molar-refractivity contribution in [2.45, 2.75) is 25.5 Å². The fraction of sp³-hybridized carbons (Fsp3) is 0.263. The van der Waals surface area contributed by atoms with Crippen molar-refractivity contribution in [3.63, 3.8) is 0 Å². The topological polar surface area (TPSA) is 40.9 Å². The third kappa shape index (κ3) is 4.22. The van der Waals surface area contributed by atoms with E-state index in [1.807, 2.05) is 48.5 Å². The van der Waals surface area contributed by atoms with Gasteiger partial charge in [0.2, 0.25) is 0 Å². The summed E-state index contributed by atoms with van der Waals surface area (Å²) in [5.41, 5.74) is 3.67. The number of thioether (sulfide) groups is 1. The molecule has 0 atom stereocenters. The number of hydrogen-bond donors (Lipinski definition) is 0. The smallest absolute Gasteiger partial charge is 0.172 e. The predicted molar refractivity (Wildman–Crippen MR) is 92.2 cm³/mol. The third-order valence-electron chi connectivity index (χ3n) is 3.53. The molecule has 2 rings (SSSR count). The van der Waals surface area contributed by atoms with Gasteiger partial charge in [-0.05, 0) is 23.1 Å². The zero-order chi connectivity index (χ0) is 15.9. The first-order valence-electron chi connectivity index (χ1n) is 7.30. The highest BCUT2D eigenvalue weighted by Crippen LogP contribution is 2.19. The molecule has 0 unspecified atom stereocenters. The van der Waals surface area contributed by atoms with Gasteiger partial charge >= 0.3 is 0 Å². The van der Waals surface area contributed by atoms with E-state index >= 15 is 0 Å². The fourth-order valence-electron chi connectivity index (χ4n) is 2.15. The summed E-state index contributed by atoms with van der Waals surface area (Å²) in [7, 11) is 0. The van der Waals surface area contributed by atoms with Gasteiger partial charge in [-0.25, -0.2) is 0 Å². The number of benzene rings is 2. The largest absolute Gasteiger partial charge is 0.293 e. The summed E-state index contributed by atoms with van der Waals surface area (Å²) >= 11 is 1.55. The molecule has 0 saturated carbocycles. The minimum atomic E-state index is 0.134. The molecule has 0 spiro atoms. The molecule has 0 fully saturated rings. The van der Waals surface area contributed by atoms with Crippen LogP contribution >= 0.6 is 11.8 Å². The van der Waals surface area contributed by atoms with E-state index in [1.54, 1.807) is 11.8 Å². The van der Waals surface area contributed by atoms with Crippen molar-refractivity contribution in [1.82, 2.24) is 0 Å². The third-order valence-corrected chi connectivity index (χ3v) is 4.51. The van der Waals surface area contributed by atoms with Crippen LogP contribution in [0.25, 0.3) is 0 Å². The van der Waals surface area contributed by atoms with Crippen LogP contribution in [0.1, 0.15) is 46.8 Å². The Kier molecular flexibility index (Phi) is 5.80. The molecule has 2 aromatic carbocycles. The first-order chi connectivity index (χ1) is 10.6. The number of carbonyl (C=O) groups is 1. The van der Waals surface area contributed by atoms with Crippen molar-refractivity contribution in [3.8, 4) is 6.07 Å². The van der Waals surface area contributed by atoms with E-state index in [1.165, 1.54) is 5.56 Å². The predicted octanol–water partition coefficient (Wildman–Crippen LogP) is 4.80. The number of rotatable bonds is 6. The Morgan fingerprint density at radius 3 is 2.45 bits per heavy atom. The summed E-state index contributed by atoms with van der Waals surface area (Å²) < 4.78 is 0. The summed E-state index contributed by atoms with van der Waals surface area (Å²) in [6.07, 6.45) is 0. The molecule has 0 aromatic heterocycles. The summed E-state index contributed by atoms with van der Waals surface area (Å²) in [6.45, 7) is 4.28. The van der Waals surface area contributed by atoms with Gasteiger partial charge in [-0.3, -0.25) is 4.79 Å². The van der Waals surface area contributed by atoms with Crippen LogP contribution in [0.5, 0.6) is 0 Å². The first-order valence-corrected chi connectivity index (χ1v) is 8.46. The second kappa shape index (κ2) is 7.82. The molecule has 0 aliphatic carbocycles. The van der Waals surface area contributed by atoms with Crippen LogP contribution < -0.4 is 0 Å². The molecule has 3 heteroatoms. The number of nitriles is 1. The SMILES string of the molecule is CC(C)c1ccc(C(=O)CSCc2ccccc2C#N)cc1. The minimum Gasteiger partial charge on any atom is -0.293 e. The van der Waals surface area contributed by atoms with Crippen LogP contribution in [0, 0.1) is 11.3 Å². The Morgan fingerprint density at radius 2 is 1.82 bits per heavy atom. The van der Waals surface area contributed by atoms with E-state index in [0.717, 1.165) is 11.1 Å². The summed E-state index contributed by atoms with van der Waals surface area (Å²) in [6, 6.07) is 17.6. The molecule has 0 amide bonds. The van der Waals surface area contributed by atoms with Gasteiger partial charge in [-0.1, -0.05) is 56.3 Å². The Balaban J connectivity index is 1.91. The maximum absolute atomic E-state index is 12.2. The number of ketones is 1. The Morgan fingerprint density at radius 1 is 1.14 bits per heavy atom. The van der Waals surface area contributed by atoms with Crippen LogP contribution in [0.4, 0.5) is 0 Å². The lowest BCUT2D eigenvalue weighted by molar-refractivity contribution is 0.102. The summed E-state index contributed by atoms with van der Waals surface area (Å²) in [5.74, 6) is 1.72. The van der Waals surface area contributed by atoms with E-state index in [2.05, 4.69) is 19.9 Å². The monoisotopic (exact) mass is 309 g/mol. The molecule has 0 aliphatic rings. The van der Waals surface area contributed by atoms with E-state index < -0.39 is 0 Å². The molecule has 112 valence electrons. The highest BCUT2D eigenvalue weighted by Gasteiger charge is 2.08. The standard InChI is InChI=1S/C19H19NOS/c1-14(2)15-7-9-16(10-8-15)19(21)13-22-12-18-6-4-3-5-17(18)11-20/h3-10,14H,12-13H2,1-2H3. The molecule has 22 heavy (non-hydrogen) atoms. The lowest BCUT2D eigenvalue weighted by Gasteiger charge is -2.07. The van der Waals surface area contributed by atoms with Crippen LogP contribution in [-0.4, -0.2) is 11.5 Å². The molecule has 0 N–H and O–H groups in total. The van der Waals surface area contributed by atoms with Crippen LogP contribution in [0.2, 0.25) is 0 Å². The van der Waals surface area contributed by atoms with Gasteiger partial charge in [0.25, 0.3) is 0 Å². The zero-order valence-corrected chi connectivity index (χ0v) is 13.7. The van der Waals surface area contributed by atoms with Gasteiger partial charge in [-0.2, -0.15) is 5.26 Å². The van der Waals surface area contributed by atoms with Crippen LogP contribution in [-0.2, 0) is 5.75 Å². The van der Waals surface area contributed by atoms with Crippen molar-refractivity contribution >= 4 is 17.5 Å². The molecular weight excluding hydrogens is 290 g/mol. The Hall–Kier alpha value is -2.05. The van der Waals surface area contributed by atoms with Crippen molar-refractivity contribution in [2.75, 3.05) is 5.75 Å². The van der Waals surface area contributed by atoms with E-state index in [9.17, 15) is 4.79 Å². The van der Waals surface area contributed by atoms with Gasteiger partial charge in [0.1, 0.15) is 0 Å². The minimum absolute atomic E-state index is 0.134. The molecule has 0 heterocycles. The van der Waals surface area contributed by atoms with Crippen molar-refractivity contribution < 1.29 is 4.79 Å². The maximum atomic E-state index is 12.2. The zero-order valence-electron chi connectivity index (χ0n) is 12.9. The average Bonchev–Trinajstić information content (AvgIpc) is 2.55. The van der Waals surface area contributed by atoms with Gasteiger partial charge in [0.15, 0.2) is 5.78 Å². The second-order valence-corrected chi connectivity index (χ2v) is 6.45. The molecule has 2 aromatic rings. The van der Waals surface area contributed by atoms with E-state index in [0.29, 0.717) is 23.0 Å². The highest BCUT2D eigenvalue weighted by molar-refractivity contribution is 7.99. The van der Waals surface area contributed by atoms with Gasteiger partial charge in [0, 0.05) is 11.3 Å². The molecule has 0 aliphatic heterocycles. The number of nitrogens with zero attached hydrogens (tertiary/aromatic N) is 1. The van der Waals surface area contributed by atoms with Gasteiger partial charge in [0.05, 0.1) is 17.4 Å². The summed E-state index contributed by atoms with van der Waals surface area (Å²) in [5, 5.41) is 9.05. The molecule has 0 bridgehead atoms. The van der Waals surface area contributed by atoms with Gasteiger partial charge < -0.3 is 0 Å². The lowest BCUT2D eigenvalue weighted by Crippen LogP contribution is -2.03. The van der Waals surface area contributed by atoms with Crippen molar-refractivity contribution in [2.24, 2.45) is 0 Å². The van der Waals surface area contributed by atoms with Gasteiger partial charge in [-0.15, -0.1) is 11.8 Å². The molecule has 0 saturated heterocycles. The lowest BCUT2D eigenvalue weighted by atomic mass is 10.0. The Labute approximate surface area is 136 Å². The highest BCUT2D eigenvalue weighted by atomic mass is 32.2. The second-order valence-electron chi connectivity index (χ2n) is 5.46. The van der Waals surface area contributed by atoms with E-state index in [-0.39, 0.29) is 5.78 Å². The number of carbonyl (C=O) groups excluding carboxylic acids is 1. The van der Waals surface area contributed by atoms with Crippen molar-refractivity contribution in [3.05, 3.63) is 70.8 Å². The Bertz CT molecular complexity index is 683. The number of Topliss-reactive ketones (excluding diaryl/α,β-unsaturated/α-hetero) is 1. The normalized spacial score (nSPS) is 10.5. The summed E-state index contributed by atoms with van der Waals surface area (Å²) in [4.78, 5) is 12.2. The first kappa shape index (κ1) is 16.3. The fourth-order valence-corrected chi connectivity index (χ4v) is 3.07. The number of hydrogen-bond acceptors (Lipinski definition) is 3. The van der Waals surface area contributed by atoms with Crippen molar-refractivity contribution in [1.29, 1.82) is 5.26 Å². The van der Waals surface area contributed by atoms with Crippen LogP contribution in [0.15, 0.2) is 48.5 Å². The average molecular weight is 309 g/mol. The quantitative estimate of drug-likeness (QED) is 0.720.